The van der Waals surface area contributed by atoms with E-state index in [-0.39, 0.29) is 0 Å². The zero-order valence-corrected chi connectivity index (χ0v) is 10.9. The minimum Gasteiger partial charge on any atom is -0.480 e. The molecule has 4 heteroatoms. The minimum absolute atomic E-state index is 0.542. The summed E-state index contributed by atoms with van der Waals surface area (Å²) in [6.45, 7) is 3.56. The third kappa shape index (κ3) is 3.06. The van der Waals surface area contributed by atoms with E-state index in [1.54, 1.807) is 6.92 Å². The predicted molar refractivity (Wildman–Crippen MR) is 72.1 cm³/mol. The molecule has 1 aromatic rings. The molecule has 0 saturated heterocycles. The number of thiocarbonyl (C=S) groups is 1. The first-order valence-electron chi connectivity index (χ1n) is 5.01. The Morgan fingerprint density at radius 2 is 2.00 bits per heavy atom. The molecule has 1 rings (SSSR count). The van der Waals surface area contributed by atoms with Gasteiger partial charge in [0.15, 0.2) is 0 Å². The third-order valence-corrected chi connectivity index (χ3v) is 4.28. The Kier molecular flexibility index (Phi) is 4.50. The van der Waals surface area contributed by atoms with Crippen LogP contribution in [0.25, 0.3) is 0 Å². The highest BCUT2D eigenvalue weighted by atomic mass is 32.2. The summed E-state index contributed by atoms with van der Waals surface area (Å²) in [5, 5.41) is 9.15. The van der Waals surface area contributed by atoms with E-state index in [9.17, 15) is 4.79 Å². The van der Waals surface area contributed by atoms with Gasteiger partial charge in [0.2, 0.25) is 0 Å². The maximum Gasteiger partial charge on any atom is 0.319 e. The molecule has 0 radical (unpaired) electrons. The van der Waals surface area contributed by atoms with Gasteiger partial charge < -0.3 is 5.11 Å². The number of hydrogen-bond donors (Lipinski definition) is 1. The van der Waals surface area contributed by atoms with Crippen LogP contribution in [0.5, 0.6) is 0 Å². The van der Waals surface area contributed by atoms with Gasteiger partial charge in [-0.25, -0.2) is 0 Å². The lowest BCUT2D eigenvalue weighted by atomic mass is 10.1. The summed E-state index contributed by atoms with van der Waals surface area (Å²) in [7, 11) is 0. The van der Waals surface area contributed by atoms with Gasteiger partial charge in [-0.15, -0.1) is 0 Å². The fraction of sp³-hybridized carbons (Fsp3) is 0.333. The van der Waals surface area contributed by atoms with Crippen molar-refractivity contribution in [2.75, 3.05) is 0 Å². The Labute approximate surface area is 105 Å². The minimum atomic E-state index is -0.840. The Morgan fingerprint density at radius 3 is 2.44 bits per heavy atom. The van der Waals surface area contributed by atoms with Gasteiger partial charge >= 0.3 is 5.97 Å². The van der Waals surface area contributed by atoms with Crippen LogP contribution in [0, 0.1) is 0 Å². The van der Waals surface area contributed by atoms with Crippen LogP contribution in [0.15, 0.2) is 30.3 Å². The van der Waals surface area contributed by atoms with E-state index in [2.05, 4.69) is 0 Å². The highest BCUT2D eigenvalue weighted by molar-refractivity contribution is 8.25. The number of aliphatic carboxylic acids is 1. The molecule has 1 atom stereocenters. The molecule has 0 spiro atoms. The van der Waals surface area contributed by atoms with Crippen molar-refractivity contribution in [3.8, 4) is 0 Å². The van der Waals surface area contributed by atoms with Crippen LogP contribution in [0.4, 0.5) is 0 Å². The monoisotopic (exact) mass is 254 g/mol. The fourth-order valence-electron chi connectivity index (χ4n) is 1.10. The first kappa shape index (κ1) is 13.2. The summed E-state index contributed by atoms with van der Waals surface area (Å²) >= 11 is 6.49. The van der Waals surface area contributed by atoms with Crippen LogP contribution in [0.3, 0.4) is 0 Å². The number of carboxylic acids is 1. The number of carbonyl (C=O) groups is 1. The van der Waals surface area contributed by atoms with Crippen LogP contribution in [0.1, 0.15) is 25.8 Å². The Morgan fingerprint density at radius 1 is 1.44 bits per heavy atom. The largest absolute Gasteiger partial charge is 0.480 e. The van der Waals surface area contributed by atoms with Crippen LogP contribution < -0.4 is 0 Å². The van der Waals surface area contributed by atoms with Gasteiger partial charge in [0.1, 0.15) is 4.75 Å². The molecule has 0 aliphatic rings. The lowest BCUT2D eigenvalue weighted by Crippen LogP contribution is -2.31. The zero-order valence-electron chi connectivity index (χ0n) is 9.27. The Hall–Kier alpha value is -0.870. The van der Waals surface area contributed by atoms with Crippen molar-refractivity contribution in [2.24, 2.45) is 0 Å². The lowest BCUT2D eigenvalue weighted by Gasteiger charge is -2.22. The van der Waals surface area contributed by atoms with Gasteiger partial charge in [-0.05, 0) is 18.9 Å². The number of rotatable bonds is 4. The summed E-state index contributed by atoms with van der Waals surface area (Å²) in [6.07, 6.45) is 0.542. The molecule has 2 nitrogen and oxygen atoms in total. The molecule has 0 heterocycles. The Bertz CT molecular complexity index is 389. The van der Waals surface area contributed by atoms with Crippen LogP contribution in [-0.4, -0.2) is 20.0 Å². The maximum absolute atomic E-state index is 11.1. The van der Waals surface area contributed by atoms with Crippen molar-refractivity contribution >= 4 is 34.1 Å². The smallest absolute Gasteiger partial charge is 0.319 e. The zero-order chi connectivity index (χ0) is 12.2. The second-order valence-corrected chi connectivity index (χ2v) is 5.83. The topological polar surface area (TPSA) is 37.3 Å². The molecule has 0 aromatic heterocycles. The summed E-state index contributed by atoms with van der Waals surface area (Å²) < 4.78 is -0.209. The van der Waals surface area contributed by atoms with E-state index in [1.807, 2.05) is 37.3 Å². The van der Waals surface area contributed by atoms with Gasteiger partial charge in [0, 0.05) is 0 Å². The van der Waals surface area contributed by atoms with Gasteiger partial charge in [-0.2, -0.15) is 0 Å². The van der Waals surface area contributed by atoms with Crippen molar-refractivity contribution < 1.29 is 9.90 Å². The van der Waals surface area contributed by atoms with Crippen LogP contribution in [0.2, 0.25) is 0 Å². The van der Waals surface area contributed by atoms with Crippen LogP contribution >= 0.6 is 24.0 Å². The van der Waals surface area contributed by atoms with E-state index in [0.29, 0.717) is 10.6 Å². The molecule has 1 aromatic carbocycles. The SMILES string of the molecule is CCC(C)(SC(=S)c1ccccc1)C(=O)O. The molecular weight excluding hydrogens is 240 g/mol. The molecule has 0 bridgehead atoms. The predicted octanol–water partition coefficient (Wildman–Crippen LogP) is 3.35. The van der Waals surface area contributed by atoms with Gasteiger partial charge in [-0.3, -0.25) is 4.79 Å². The van der Waals surface area contributed by atoms with Gasteiger partial charge in [0.05, 0.1) is 4.20 Å². The quantitative estimate of drug-likeness (QED) is 0.836. The van der Waals surface area contributed by atoms with Gasteiger partial charge in [0.25, 0.3) is 0 Å². The molecule has 1 N–H and O–H groups in total. The highest BCUT2D eigenvalue weighted by Crippen LogP contribution is 2.32. The van der Waals surface area contributed by atoms with Crippen molar-refractivity contribution in [2.45, 2.75) is 25.0 Å². The fourth-order valence-corrected chi connectivity index (χ4v) is 2.69. The first-order chi connectivity index (χ1) is 7.49. The second-order valence-electron chi connectivity index (χ2n) is 3.65. The van der Waals surface area contributed by atoms with Crippen molar-refractivity contribution in [3.63, 3.8) is 0 Å². The summed E-state index contributed by atoms with van der Waals surface area (Å²) in [5.74, 6) is -0.821. The number of benzene rings is 1. The normalized spacial score (nSPS) is 14.1. The molecule has 0 aliphatic carbocycles. The van der Waals surface area contributed by atoms with Crippen molar-refractivity contribution in [1.29, 1.82) is 0 Å². The van der Waals surface area contributed by atoms with Crippen LogP contribution in [-0.2, 0) is 4.79 Å². The highest BCUT2D eigenvalue weighted by Gasteiger charge is 2.33. The summed E-state index contributed by atoms with van der Waals surface area (Å²) in [4.78, 5) is 11.1. The number of hydrogen-bond acceptors (Lipinski definition) is 3. The third-order valence-electron chi connectivity index (χ3n) is 2.45. The van der Waals surface area contributed by atoms with E-state index < -0.39 is 10.7 Å². The van der Waals surface area contributed by atoms with E-state index in [0.717, 1.165) is 5.56 Å². The number of carboxylic acid groups (broad SMARTS) is 1. The van der Waals surface area contributed by atoms with Crippen molar-refractivity contribution in [1.82, 2.24) is 0 Å². The molecule has 0 saturated carbocycles. The maximum atomic E-state index is 11.1. The van der Waals surface area contributed by atoms with Crippen molar-refractivity contribution in [3.05, 3.63) is 35.9 Å². The first-order valence-corrected chi connectivity index (χ1v) is 6.24. The van der Waals surface area contributed by atoms with Gasteiger partial charge in [-0.1, -0.05) is 61.2 Å². The lowest BCUT2D eigenvalue weighted by molar-refractivity contribution is -0.139. The average Bonchev–Trinajstić information content (AvgIpc) is 2.29. The summed E-state index contributed by atoms with van der Waals surface area (Å²) in [5.41, 5.74) is 0.906. The number of thioether (sulfide) groups is 1. The molecule has 1 unspecified atom stereocenters. The standard InChI is InChI=1S/C12H14O2S2/c1-3-12(2,11(13)14)16-10(15)9-7-5-4-6-8-9/h4-8H,3H2,1-2H3,(H,13,14). The van der Waals surface area contributed by atoms with E-state index in [4.69, 9.17) is 17.3 Å². The van der Waals surface area contributed by atoms with E-state index in [1.165, 1.54) is 11.8 Å². The molecule has 0 fully saturated rings. The molecule has 86 valence electrons. The molecular formula is C12H14O2S2. The van der Waals surface area contributed by atoms with E-state index >= 15 is 0 Å². The summed E-state index contributed by atoms with van der Waals surface area (Å²) in [6, 6.07) is 9.49. The molecule has 0 aliphatic heterocycles. The second kappa shape index (κ2) is 5.46. The molecule has 16 heavy (non-hydrogen) atoms. The molecule has 0 amide bonds. The Balaban J connectivity index is 2.82. The average molecular weight is 254 g/mol.